The van der Waals surface area contributed by atoms with Crippen LogP contribution >= 0.6 is 11.3 Å². The fourth-order valence-electron chi connectivity index (χ4n) is 2.87. The molecule has 2 aromatic rings. The molecule has 0 bridgehead atoms. The molecular weight excluding hydrogens is 271 g/mol. The van der Waals surface area contributed by atoms with Gasteiger partial charge in [0.05, 0.1) is 6.04 Å². The zero-order chi connectivity index (χ0) is 13.9. The van der Waals surface area contributed by atoms with Crippen molar-refractivity contribution in [3.05, 3.63) is 52.2 Å². The van der Waals surface area contributed by atoms with Crippen LogP contribution in [0.5, 0.6) is 0 Å². The Morgan fingerprint density at radius 1 is 1.40 bits per heavy atom. The van der Waals surface area contributed by atoms with Gasteiger partial charge in [0, 0.05) is 17.6 Å². The number of hydrogen-bond donors (Lipinski definition) is 1. The van der Waals surface area contributed by atoms with E-state index < -0.39 is 0 Å². The first-order valence-corrected chi connectivity index (χ1v) is 8.05. The summed E-state index contributed by atoms with van der Waals surface area (Å²) in [6.45, 7) is 2.17. The minimum absolute atomic E-state index is 0.0667. The van der Waals surface area contributed by atoms with E-state index >= 15 is 0 Å². The van der Waals surface area contributed by atoms with Gasteiger partial charge in [0.1, 0.15) is 10.8 Å². The molecule has 1 atom stereocenters. The van der Waals surface area contributed by atoms with Gasteiger partial charge in [0.15, 0.2) is 0 Å². The summed E-state index contributed by atoms with van der Waals surface area (Å²) >= 11 is 1.70. The lowest BCUT2D eigenvalue weighted by Gasteiger charge is -2.38. The molecule has 0 saturated heterocycles. The molecule has 1 aromatic carbocycles. The van der Waals surface area contributed by atoms with Crippen LogP contribution in [0.2, 0.25) is 0 Å². The maximum atomic E-state index is 13.7. The number of nitrogens with one attached hydrogen (secondary N) is 1. The second-order valence-electron chi connectivity index (χ2n) is 5.38. The van der Waals surface area contributed by atoms with Crippen molar-refractivity contribution in [2.24, 2.45) is 0 Å². The molecule has 1 fully saturated rings. The summed E-state index contributed by atoms with van der Waals surface area (Å²) in [7, 11) is 0. The van der Waals surface area contributed by atoms with Crippen LogP contribution in [0.4, 0.5) is 4.39 Å². The summed E-state index contributed by atoms with van der Waals surface area (Å²) in [5, 5.41) is 6.82. The number of thiazole rings is 1. The fourth-order valence-corrected chi connectivity index (χ4v) is 3.65. The second kappa shape index (κ2) is 6.02. The van der Waals surface area contributed by atoms with E-state index in [0.29, 0.717) is 18.0 Å². The Balaban J connectivity index is 1.57. The molecule has 1 aromatic heterocycles. The average molecular weight is 290 g/mol. The van der Waals surface area contributed by atoms with Gasteiger partial charge in [0.25, 0.3) is 0 Å². The first kappa shape index (κ1) is 13.7. The Kier molecular flexibility index (Phi) is 4.13. The molecule has 1 heterocycles. The molecule has 0 amide bonds. The van der Waals surface area contributed by atoms with Gasteiger partial charge in [-0.05, 0) is 36.8 Å². The average Bonchev–Trinajstić information content (AvgIpc) is 2.93. The highest BCUT2D eigenvalue weighted by atomic mass is 32.1. The van der Waals surface area contributed by atoms with Gasteiger partial charge in [-0.2, -0.15) is 0 Å². The number of hydrogen-bond acceptors (Lipinski definition) is 3. The van der Waals surface area contributed by atoms with Gasteiger partial charge in [0.2, 0.25) is 0 Å². The van der Waals surface area contributed by atoms with Crippen LogP contribution < -0.4 is 5.32 Å². The van der Waals surface area contributed by atoms with Crippen LogP contribution in [-0.2, 0) is 0 Å². The quantitative estimate of drug-likeness (QED) is 0.889. The van der Waals surface area contributed by atoms with Gasteiger partial charge in [-0.1, -0.05) is 25.1 Å². The van der Waals surface area contributed by atoms with Crippen molar-refractivity contribution in [3.63, 3.8) is 0 Å². The highest BCUT2D eigenvalue weighted by molar-refractivity contribution is 7.09. The molecule has 3 rings (SSSR count). The SMILES string of the molecule is CCC(NC1CC(c2ccccc2F)C1)c1nccs1. The number of rotatable bonds is 5. The highest BCUT2D eigenvalue weighted by Crippen LogP contribution is 2.39. The van der Waals surface area contributed by atoms with Crippen molar-refractivity contribution in [2.75, 3.05) is 0 Å². The molecule has 20 heavy (non-hydrogen) atoms. The number of benzene rings is 1. The predicted octanol–water partition coefficient (Wildman–Crippen LogP) is 4.27. The molecule has 1 aliphatic carbocycles. The number of aromatic nitrogens is 1. The topological polar surface area (TPSA) is 24.9 Å². The second-order valence-corrected chi connectivity index (χ2v) is 6.31. The van der Waals surface area contributed by atoms with Crippen LogP contribution in [0.25, 0.3) is 0 Å². The fraction of sp³-hybridized carbons (Fsp3) is 0.438. The normalized spacial score (nSPS) is 23.3. The monoisotopic (exact) mass is 290 g/mol. The Morgan fingerprint density at radius 2 is 2.20 bits per heavy atom. The lowest BCUT2D eigenvalue weighted by molar-refractivity contribution is 0.258. The van der Waals surface area contributed by atoms with Gasteiger partial charge >= 0.3 is 0 Å². The van der Waals surface area contributed by atoms with E-state index in [-0.39, 0.29) is 5.82 Å². The summed E-state index contributed by atoms with van der Waals surface area (Å²) in [6.07, 6.45) is 4.92. The molecule has 0 aliphatic heterocycles. The molecule has 4 heteroatoms. The van der Waals surface area contributed by atoms with Crippen LogP contribution in [0.15, 0.2) is 35.8 Å². The maximum Gasteiger partial charge on any atom is 0.126 e. The third kappa shape index (κ3) is 2.76. The van der Waals surface area contributed by atoms with Crippen molar-refractivity contribution in [2.45, 2.75) is 44.2 Å². The number of halogens is 1. The molecule has 2 nitrogen and oxygen atoms in total. The summed E-state index contributed by atoms with van der Waals surface area (Å²) in [5.41, 5.74) is 0.868. The minimum Gasteiger partial charge on any atom is -0.305 e. The van der Waals surface area contributed by atoms with E-state index in [4.69, 9.17) is 0 Å². The smallest absolute Gasteiger partial charge is 0.126 e. The van der Waals surface area contributed by atoms with E-state index in [1.54, 1.807) is 23.5 Å². The molecule has 1 N–H and O–H groups in total. The standard InChI is InChI=1S/C16H19FN2S/c1-2-15(16-18-7-8-20-16)19-12-9-11(10-12)13-5-3-4-6-14(13)17/h3-8,11-12,15,19H,2,9-10H2,1H3. The van der Waals surface area contributed by atoms with Crippen molar-refractivity contribution in [3.8, 4) is 0 Å². The molecule has 0 radical (unpaired) electrons. The zero-order valence-corrected chi connectivity index (χ0v) is 12.4. The zero-order valence-electron chi connectivity index (χ0n) is 11.6. The van der Waals surface area contributed by atoms with Crippen molar-refractivity contribution >= 4 is 11.3 Å². The van der Waals surface area contributed by atoms with Gasteiger partial charge in [-0.25, -0.2) is 9.37 Å². The third-order valence-corrected chi connectivity index (χ3v) is 4.97. The van der Waals surface area contributed by atoms with E-state index in [0.717, 1.165) is 29.8 Å². The van der Waals surface area contributed by atoms with Gasteiger partial charge in [-0.3, -0.25) is 0 Å². The summed E-state index contributed by atoms with van der Waals surface area (Å²) in [5.74, 6) is 0.297. The van der Waals surface area contributed by atoms with Gasteiger partial charge in [-0.15, -0.1) is 11.3 Å². The number of nitrogens with zero attached hydrogens (tertiary/aromatic N) is 1. The van der Waals surface area contributed by atoms with Crippen molar-refractivity contribution in [1.29, 1.82) is 0 Å². The highest BCUT2D eigenvalue weighted by Gasteiger charge is 2.33. The van der Waals surface area contributed by atoms with Gasteiger partial charge < -0.3 is 5.32 Å². The Hall–Kier alpha value is -1.26. The van der Waals surface area contributed by atoms with Crippen LogP contribution in [0, 0.1) is 5.82 Å². The molecule has 1 saturated carbocycles. The van der Waals surface area contributed by atoms with Crippen LogP contribution in [0.1, 0.15) is 48.7 Å². The lowest BCUT2D eigenvalue weighted by Crippen LogP contribution is -2.42. The summed E-state index contributed by atoms with van der Waals surface area (Å²) < 4.78 is 13.7. The van der Waals surface area contributed by atoms with E-state index in [9.17, 15) is 4.39 Å². The van der Waals surface area contributed by atoms with Crippen LogP contribution in [-0.4, -0.2) is 11.0 Å². The molecule has 0 spiro atoms. The first-order chi connectivity index (χ1) is 9.78. The van der Waals surface area contributed by atoms with E-state index in [1.165, 1.54) is 0 Å². The lowest BCUT2D eigenvalue weighted by atomic mass is 9.75. The van der Waals surface area contributed by atoms with Crippen molar-refractivity contribution < 1.29 is 4.39 Å². The summed E-state index contributed by atoms with van der Waals surface area (Å²) in [6, 6.07) is 7.95. The summed E-state index contributed by atoms with van der Waals surface area (Å²) in [4.78, 5) is 4.39. The first-order valence-electron chi connectivity index (χ1n) is 7.17. The molecule has 1 aliphatic rings. The predicted molar refractivity (Wildman–Crippen MR) is 80.4 cm³/mol. The molecular formula is C16H19FN2S. The van der Waals surface area contributed by atoms with Crippen molar-refractivity contribution in [1.82, 2.24) is 10.3 Å². The molecule has 106 valence electrons. The van der Waals surface area contributed by atoms with Crippen LogP contribution in [0.3, 0.4) is 0 Å². The molecule has 1 unspecified atom stereocenters. The largest absolute Gasteiger partial charge is 0.305 e. The van der Waals surface area contributed by atoms with E-state index in [1.807, 2.05) is 23.7 Å². The van der Waals surface area contributed by atoms with E-state index in [2.05, 4.69) is 17.2 Å². The maximum absolute atomic E-state index is 13.7. The Bertz CT molecular complexity index is 549. The third-order valence-electron chi connectivity index (χ3n) is 4.08. The Morgan fingerprint density at radius 3 is 2.85 bits per heavy atom. The Labute approximate surface area is 123 Å². The minimum atomic E-state index is -0.0667.